The van der Waals surface area contributed by atoms with Crippen molar-refractivity contribution in [3.63, 3.8) is 0 Å². The number of carbonyl (C=O) groups is 2. The molecule has 1 aliphatic rings. The summed E-state index contributed by atoms with van der Waals surface area (Å²) in [6.07, 6.45) is 0.832. The van der Waals surface area contributed by atoms with Crippen LogP contribution in [0.4, 0.5) is 5.82 Å². The predicted octanol–water partition coefficient (Wildman–Crippen LogP) is 4.41. The minimum atomic E-state index is -0.915. The van der Waals surface area contributed by atoms with Gasteiger partial charge < -0.3 is 19.1 Å². The second-order valence-electron chi connectivity index (χ2n) is 7.61. The summed E-state index contributed by atoms with van der Waals surface area (Å²) >= 11 is 0. The highest BCUT2D eigenvalue weighted by Gasteiger charge is 2.48. The average molecular weight is 448 g/mol. The SMILES string of the molecule is CCCOc1cccc([C@H]2/C(=C(\O)c3ccc(OC)cc3)C(=O)C(=O)N2c2cc(C)on2)c1. The molecule has 0 saturated carbocycles. The molecule has 1 saturated heterocycles. The molecular weight excluding hydrogens is 424 g/mol. The number of Topliss-reactive ketones (excluding diaryl/α,β-unsaturated/α-hetero) is 1. The van der Waals surface area contributed by atoms with Crippen molar-refractivity contribution in [3.05, 3.63) is 77.1 Å². The fraction of sp³-hybridized carbons (Fsp3) is 0.240. The van der Waals surface area contributed by atoms with Gasteiger partial charge in [-0.3, -0.25) is 14.5 Å². The second kappa shape index (κ2) is 9.20. The largest absolute Gasteiger partial charge is 0.507 e. The van der Waals surface area contributed by atoms with Gasteiger partial charge in [-0.1, -0.05) is 24.2 Å². The lowest BCUT2D eigenvalue weighted by atomic mass is 9.95. The highest BCUT2D eigenvalue weighted by Crippen LogP contribution is 2.42. The van der Waals surface area contributed by atoms with Crippen molar-refractivity contribution in [1.29, 1.82) is 0 Å². The van der Waals surface area contributed by atoms with E-state index in [0.717, 1.165) is 6.42 Å². The molecule has 0 radical (unpaired) electrons. The normalized spacial score (nSPS) is 17.4. The summed E-state index contributed by atoms with van der Waals surface area (Å²) in [4.78, 5) is 27.5. The van der Waals surface area contributed by atoms with E-state index in [0.29, 0.717) is 35.0 Å². The van der Waals surface area contributed by atoms with Gasteiger partial charge in [0.15, 0.2) is 5.82 Å². The Morgan fingerprint density at radius 1 is 1.12 bits per heavy atom. The molecule has 1 amide bonds. The molecular formula is C25H24N2O6. The van der Waals surface area contributed by atoms with Gasteiger partial charge in [0.05, 0.1) is 25.3 Å². The van der Waals surface area contributed by atoms with E-state index in [9.17, 15) is 14.7 Å². The summed E-state index contributed by atoms with van der Waals surface area (Å²) in [5, 5.41) is 15.1. The minimum absolute atomic E-state index is 0.0431. The van der Waals surface area contributed by atoms with Crippen LogP contribution in [0.25, 0.3) is 5.76 Å². The maximum Gasteiger partial charge on any atom is 0.301 e. The fourth-order valence-electron chi connectivity index (χ4n) is 3.75. The van der Waals surface area contributed by atoms with Gasteiger partial charge in [0, 0.05) is 11.6 Å². The van der Waals surface area contributed by atoms with Crippen molar-refractivity contribution in [2.24, 2.45) is 0 Å². The Morgan fingerprint density at radius 2 is 1.88 bits per heavy atom. The van der Waals surface area contributed by atoms with E-state index in [-0.39, 0.29) is 17.2 Å². The average Bonchev–Trinajstić information content (AvgIpc) is 3.38. The van der Waals surface area contributed by atoms with Crippen molar-refractivity contribution in [3.8, 4) is 11.5 Å². The first-order chi connectivity index (χ1) is 15.9. The van der Waals surface area contributed by atoms with E-state index >= 15 is 0 Å². The standard InChI is InChI=1S/C25H24N2O6/c1-4-12-32-19-7-5-6-17(14-19)22-21(23(28)16-8-10-18(31-3)11-9-16)24(29)25(30)27(22)20-13-15(2)33-26-20/h5-11,13-14,22,28H,4,12H2,1-3H3/b23-21+/t22-/m0/s1. The van der Waals surface area contributed by atoms with Crippen LogP contribution in [0.1, 0.15) is 36.3 Å². The number of aromatic nitrogens is 1. The monoisotopic (exact) mass is 448 g/mol. The number of rotatable bonds is 7. The molecule has 1 N–H and O–H groups in total. The Morgan fingerprint density at radius 3 is 2.52 bits per heavy atom. The zero-order chi connectivity index (χ0) is 23.5. The summed E-state index contributed by atoms with van der Waals surface area (Å²) in [5.74, 6) is -0.0297. The maximum atomic E-state index is 13.2. The number of ketones is 1. The molecule has 0 aliphatic carbocycles. The summed E-state index contributed by atoms with van der Waals surface area (Å²) in [5.41, 5.74) is 0.936. The molecule has 8 nitrogen and oxygen atoms in total. The Hall–Kier alpha value is -4.07. The number of nitrogens with zero attached hydrogens (tertiary/aromatic N) is 2. The number of aryl methyl sites for hydroxylation is 1. The molecule has 0 spiro atoms. The van der Waals surface area contributed by atoms with Crippen LogP contribution >= 0.6 is 0 Å². The van der Waals surface area contributed by atoms with E-state index in [1.807, 2.05) is 6.92 Å². The van der Waals surface area contributed by atoms with Crippen LogP contribution in [-0.2, 0) is 9.59 Å². The van der Waals surface area contributed by atoms with Gasteiger partial charge >= 0.3 is 5.91 Å². The molecule has 3 aromatic rings. The Kier molecular flexibility index (Phi) is 6.17. The van der Waals surface area contributed by atoms with Gasteiger partial charge in [0.25, 0.3) is 5.78 Å². The van der Waals surface area contributed by atoms with Crippen LogP contribution in [-0.4, -0.2) is 35.7 Å². The minimum Gasteiger partial charge on any atom is -0.507 e. The third kappa shape index (κ3) is 4.19. The quantitative estimate of drug-likeness (QED) is 0.325. The van der Waals surface area contributed by atoms with Gasteiger partial charge in [0.1, 0.15) is 23.0 Å². The lowest BCUT2D eigenvalue weighted by Gasteiger charge is -2.23. The van der Waals surface area contributed by atoms with E-state index in [1.54, 1.807) is 61.5 Å². The van der Waals surface area contributed by atoms with E-state index in [4.69, 9.17) is 14.0 Å². The zero-order valence-electron chi connectivity index (χ0n) is 18.6. The number of amides is 1. The van der Waals surface area contributed by atoms with E-state index in [2.05, 4.69) is 5.16 Å². The number of anilines is 1. The van der Waals surface area contributed by atoms with Gasteiger partial charge in [-0.25, -0.2) is 0 Å². The van der Waals surface area contributed by atoms with Crippen molar-refractivity contribution in [1.82, 2.24) is 5.16 Å². The molecule has 2 aromatic carbocycles. The van der Waals surface area contributed by atoms with Crippen LogP contribution in [0, 0.1) is 6.92 Å². The van der Waals surface area contributed by atoms with E-state index < -0.39 is 17.7 Å². The summed E-state index contributed by atoms with van der Waals surface area (Å²) in [6.45, 7) is 4.22. The first kappa shape index (κ1) is 22.1. The number of methoxy groups -OCH3 is 1. The maximum absolute atomic E-state index is 13.2. The van der Waals surface area contributed by atoms with Gasteiger partial charge in [0.2, 0.25) is 0 Å². The molecule has 1 aromatic heterocycles. The van der Waals surface area contributed by atoms with Crippen molar-refractivity contribution in [2.75, 3.05) is 18.6 Å². The van der Waals surface area contributed by atoms with Crippen LogP contribution < -0.4 is 14.4 Å². The Balaban J connectivity index is 1.88. The molecule has 0 bridgehead atoms. The Bertz CT molecular complexity index is 1210. The number of aliphatic hydroxyl groups excluding tert-OH is 1. The summed E-state index contributed by atoms with van der Waals surface area (Å²) in [7, 11) is 1.54. The zero-order valence-corrected chi connectivity index (χ0v) is 18.6. The van der Waals surface area contributed by atoms with Crippen LogP contribution in [0.2, 0.25) is 0 Å². The summed E-state index contributed by atoms with van der Waals surface area (Å²) < 4.78 is 16.1. The molecule has 8 heteroatoms. The van der Waals surface area contributed by atoms with Crippen molar-refractivity contribution >= 4 is 23.3 Å². The topological polar surface area (TPSA) is 102 Å². The number of ether oxygens (including phenoxy) is 2. The van der Waals surface area contributed by atoms with Crippen LogP contribution in [0.5, 0.6) is 11.5 Å². The first-order valence-electron chi connectivity index (χ1n) is 10.6. The molecule has 1 atom stereocenters. The second-order valence-corrected chi connectivity index (χ2v) is 7.61. The molecule has 1 fully saturated rings. The lowest BCUT2D eigenvalue weighted by Crippen LogP contribution is -2.29. The number of carbonyl (C=O) groups excluding carboxylic acids is 2. The van der Waals surface area contributed by atoms with Gasteiger partial charge in [-0.15, -0.1) is 0 Å². The molecule has 170 valence electrons. The fourth-order valence-corrected chi connectivity index (χ4v) is 3.75. The number of aliphatic hydroxyl groups is 1. The summed E-state index contributed by atoms with van der Waals surface area (Å²) in [6, 6.07) is 14.4. The predicted molar refractivity (Wildman–Crippen MR) is 121 cm³/mol. The third-order valence-corrected chi connectivity index (χ3v) is 5.32. The van der Waals surface area contributed by atoms with Crippen LogP contribution in [0.3, 0.4) is 0 Å². The van der Waals surface area contributed by atoms with Crippen molar-refractivity contribution < 1.29 is 28.7 Å². The Labute approximate surface area is 191 Å². The number of benzene rings is 2. The van der Waals surface area contributed by atoms with Gasteiger partial charge in [-0.2, -0.15) is 0 Å². The van der Waals surface area contributed by atoms with Crippen molar-refractivity contribution in [2.45, 2.75) is 26.3 Å². The van der Waals surface area contributed by atoms with Crippen LogP contribution in [0.15, 0.2) is 64.7 Å². The molecule has 2 heterocycles. The molecule has 1 aliphatic heterocycles. The molecule has 0 unspecified atom stereocenters. The number of hydrogen-bond acceptors (Lipinski definition) is 7. The lowest BCUT2D eigenvalue weighted by molar-refractivity contribution is -0.132. The third-order valence-electron chi connectivity index (χ3n) is 5.32. The molecule has 4 rings (SSSR count). The molecule has 33 heavy (non-hydrogen) atoms. The highest BCUT2D eigenvalue weighted by atomic mass is 16.5. The van der Waals surface area contributed by atoms with Gasteiger partial charge in [-0.05, 0) is 55.3 Å². The highest BCUT2D eigenvalue weighted by molar-refractivity contribution is 6.51. The van der Waals surface area contributed by atoms with E-state index in [1.165, 1.54) is 12.0 Å². The smallest absolute Gasteiger partial charge is 0.301 e. The number of hydrogen-bond donors (Lipinski definition) is 1. The first-order valence-corrected chi connectivity index (χ1v) is 10.6.